The molecule has 16 heavy (non-hydrogen) atoms. The van der Waals surface area contributed by atoms with Crippen LogP contribution in [0, 0.1) is 0 Å². The molecule has 0 bridgehead atoms. The second-order valence-electron chi connectivity index (χ2n) is 3.67. The summed E-state index contributed by atoms with van der Waals surface area (Å²) >= 11 is 3.25. The van der Waals surface area contributed by atoms with Crippen molar-refractivity contribution >= 4 is 27.6 Å². The first kappa shape index (κ1) is 11.4. The fourth-order valence-electron chi connectivity index (χ4n) is 1.73. The third-order valence-corrected chi connectivity index (χ3v) is 3.18. The standard InChI is InChI=1S/C11H12BrNO3/c12-8-2-1-3-9(10(8)11(14)15)13-7-4-5-16-6-7/h1-3,7,13H,4-6H2,(H,14,15). The molecule has 0 amide bonds. The molecule has 0 aromatic heterocycles. The molecule has 1 saturated heterocycles. The molecule has 2 rings (SSSR count). The summed E-state index contributed by atoms with van der Waals surface area (Å²) in [5.74, 6) is -0.936. The smallest absolute Gasteiger partial charge is 0.338 e. The van der Waals surface area contributed by atoms with Gasteiger partial charge >= 0.3 is 5.97 Å². The lowest BCUT2D eigenvalue weighted by molar-refractivity contribution is 0.0697. The van der Waals surface area contributed by atoms with E-state index in [1.807, 2.05) is 6.07 Å². The number of rotatable bonds is 3. The van der Waals surface area contributed by atoms with Gasteiger partial charge in [-0.25, -0.2) is 4.79 Å². The van der Waals surface area contributed by atoms with Gasteiger partial charge in [-0.05, 0) is 34.5 Å². The van der Waals surface area contributed by atoms with Crippen LogP contribution in [0.5, 0.6) is 0 Å². The molecule has 2 N–H and O–H groups in total. The van der Waals surface area contributed by atoms with Crippen molar-refractivity contribution in [3.63, 3.8) is 0 Å². The Morgan fingerprint density at radius 3 is 3.00 bits per heavy atom. The largest absolute Gasteiger partial charge is 0.478 e. The van der Waals surface area contributed by atoms with Gasteiger partial charge in [-0.1, -0.05) is 6.07 Å². The summed E-state index contributed by atoms with van der Waals surface area (Å²) in [5.41, 5.74) is 0.909. The van der Waals surface area contributed by atoms with Crippen LogP contribution < -0.4 is 5.32 Å². The molecule has 0 aliphatic carbocycles. The van der Waals surface area contributed by atoms with Crippen LogP contribution in [0.4, 0.5) is 5.69 Å². The average Bonchev–Trinajstić information content (AvgIpc) is 2.70. The van der Waals surface area contributed by atoms with Crippen LogP contribution in [-0.2, 0) is 4.74 Å². The molecule has 86 valence electrons. The van der Waals surface area contributed by atoms with E-state index in [4.69, 9.17) is 9.84 Å². The van der Waals surface area contributed by atoms with Crippen LogP contribution in [0.15, 0.2) is 22.7 Å². The maximum atomic E-state index is 11.1. The predicted molar refractivity (Wildman–Crippen MR) is 63.9 cm³/mol. The average molecular weight is 286 g/mol. The quantitative estimate of drug-likeness (QED) is 0.895. The van der Waals surface area contributed by atoms with E-state index in [0.29, 0.717) is 16.8 Å². The number of carbonyl (C=O) groups is 1. The third-order valence-electron chi connectivity index (χ3n) is 2.52. The lowest BCUT2D eigenvalue weighted by atomic mass is 10.1. The highest BCUT2D eigenvalue weighted by molar-refractivity contribution is 9.10. The highest BCUT2D eigenvalue weighted by atomic mass is 79.9. The fourth-order valence-corrected chi connectivity index (χ4v) is 2.27. The number of aromatic carboxylic acids is 1. The van der Waals surface area contributed by atoms with Crippen LogP contribution in [0.1, 0.15) is 16.8 Å². The summed E-state index contributed by atoms with van der Waals surface area (Å²) in [7, 11) is 0. The second kappa shape index (κ2) is 4.84. The summed E-state index contributed by atoms with van der Waals surface area (Å²) in [6.07, 6.45) is 0.908. The van der Waals surface area contributed by atoms with Gasteiger partial charge in [0.1, 0.15) is 0 Å². The monoisotopic (exact) mass is 285 g/mol. The number of hydrogen-bond donors (Lipinski definition) is 2. The molecule has 1 aromatic rings. The molecule has 1 unspecified atom stereocenters. The van der Waals surface area contributed by atoms with Gasteiger partial charge < -0.3 is 15.2 Å². The lowest BCUT2D eigenvalue weighted by Crippen LogP contribution is -2.20. The lowest BCUT2D eigenvalue weighted by Gasteiger charge is -2.15. The summed E-state index contributed by atoms with van der Waals surface area (Å²) in [6.45, 7) is 1.36. The third kappa shape index (κ3) is 2.36. The number of nitrogens with one attached hydrogen (secondary N) is 1. The van der Waals surface area contributed by atoms with E-state index in [1.165, 1.54) is 0 Å². The van der Waals surface area contributed by atoms with Crippen molar-refractivity contribution in [1.29, 1.82) is 0 Å². The number of anilines is 1. The molecule has 0 saturated carbocycles. The maximum absolute atomic E-state index is 11.1. The summed E-state index contributed by atoms with van der Waals surface area (Å²) < 4.78 is 5.83. The van der Waals surface area contributed by atoms with Gasteiger partial charge in [0.25, 0.3) is 0 Å². The van der Waals surface area contributed by atoms with Crippen molar-refractivity contribution in [2.75, 3.05) is 18.5 Å². The zero-order valence-corrected chi connectivity index (χ0v) is 10.2. The second-order valence-corrected chi connectivity index (χ2v) is 4.53. The molecule has 4 nitrogen and oxygen atoms in total. The van der Waals surface area contributed by atoms with Crippen LogP contribution in [0.2, 0.25) is 0 Å². The Balaban J connectivity index is 2.25. The first-order valence-corrected chi connectivity index (χ1v) is 5.84. The van der Waals surface area contributed by atoms with Crippen LogP contribution in [0.25, 0.3) is 0 Å². The Kier molecular flexibility index (Phi) is 3.46. The molecule has 1 fully saturated rings. The normalized spacial score (nSPS) is 19.7. The number of carboxylic acids is 1. The number of halogens is 1. The Labute approximate surface area is 102 Å². The van der Waals surface area contributed by atoms with E-state index >= 15 is 0 Å². The first-order valence-electron chi connectivity index (χ1n) is 5.04. The Hall–Kier alpha value is -1.07. The van der Waals surface area contributed by atoms with E-state index in [1.54, 1.807) is 12.1 Å². The van der Waals surface area contributed by atoms with Gasteiger partial charge in [0, 0.05) is 11.1 Å². The molecular formula is C11H12BrNO3. The molecule has 1 aliphatic rings. The minimum atomic E-state index is -0.936. The Morgan fingerprint density at radius 1 is 1.56 bits per heavy atom. The first-order chi connectivity index (χ1) is 7.68. The molecule has 5 heteroatoms. The van der Waals surface area contributed by atoms with Gasteiger partial charge in [0.2, 0.25) is 0 Å². The van der Waals surface area contributed by atoms with Crippen molar-refractivity contribution in [1.82, 2.24) is 0 Å². The molecule has 1 aliphatic heterocycles. The van der Waals surface area contributed by atoms with E-state index in [2.05, 4.69) is 21.2 Å². The molecule has 1 aromatic carbocycles. The van der Waals surface area contributed by atoms with Crippen molar-refractivity contribution in [3.05, 3.63) is 28.2 Å². The molecule has 1 heterocycles. The van der Waals surface area contributed by atoms with E-state index in [9.17, 15) is 4.79 Å². The summed E-state index contributed by atoms with van der Waals surface area (Å²) in [4.78, 5) is 11.1. The maximum Gasteiger partial charge on any atom is 0.338 e. The van der Waals surface area contributed by atoms with Crippen molar-refractivity contribution in [2.45, 2.75) is 12.5 Å². The van der Waals surface area contributed by atoms with E-state index < -0.39 is 5.97 Å². The molecule has 1 atom stereocenters. The minimum absolute atomic E-state index is 0.201. The van der Waals surface area contributed by atoms with Gasteiger partial charge in [-0.3, -0.25) is 0 Å². The Bertz CT molecular complexity index is 402. The van der Waals surface area contributed by atoms with E-state index in [-0.39, 0.29) is 11.6 Å². The fraction of sp³-hybridized carbons (Fsp3) is 0.364. The summed E-state index contributed by atoms with van der Waals surface area (Å²) in [6, 6.07) is 5.51. The van der Waals surface area contributed by atoms with Gasteiger partial charge in [0.05, 0.1) is 23.9 Å². The number of carboxylic acid groups (broad SMARTS) is 1. The minimum Gasteiger partial charge on any atom is -0.478 e. The highest BCUT2D eigenvalue weighted by Crippen LogP contribution is 2.26. The van der Waals surface area contributed by atoms with Gasteiger partial charge in [0.15, 0.2) is 0 Å². The topological polar surface area (TPSA) is 58.6 Å². The number of benzene rings is 1. The molecular weight excluding hydrogens is 274 g/mol. The Morgan fingerprint density at radius 2 is 2.38 bits per heavy atom. The van der Waals surface area contributed by atoms with Crippen molar-refractivity contribution < 1.29 is 14.6 Å². The van der Waals surface area contributed by atoms with Gasteiger partial charge in [-0.2, -0.15) is 0 Å². The van der Waals surface area contributed by atoms with Crippen LogP contribution >= 0.6 is 15.9 Å². The van der Waals surface area contributed by atoms with E-state index in [0.717, 1.165) is 13.0 Å². The SMILES string of the molecule is O=C(O)c1c(Br)cccc1NC1CCOC1. The predicted octanol–water partition coefficient (Wildman–Crippen LogP) is 2.35. The van der Waals surface area contributed by atoms with Crippen LogP contribution in [0.3, 0.4) is 0 Å². The van der Waals surface area contributed by atoms with Crippen molar-refractivity contribution in [3.8, 4) is 0 Å². The van der Waals surface area contributed by atoms with Crippen LogP contribution in [-0.4, -0.2) is 30.3 Å². The van der Waals surface area contributed by atoms with Gasteiger partial charge in [-0.15, -0.1) is 0 Å². The molecule has 0 radical (unpaired) electrons. The zero-order chi connectivity index (χ0) is 11.5. The number of hydrogen-bond acceptors (Lipinski definition) is 3. The van der Waals surface area contributed by atoms with Crippen molar-refractivity contribution in [2.24, 2.45) is 0 Å². The zero-order valence-electron chi connectivity index (χ0n) is 8.57. The highest BCUT2D eigenvalue weighted by Gasteiger charge is 2.19. The molecule has 0 spiro atoms. The number of ether oxygens (including phenoxy) is 1. The summed E-state index contributed by atoms with van der Waals surface area (Å²) in [5, 5.41) is 12.3.